The van der Waals surface area contributed by atoms with Gasteiger partial charge >= 0.3 is 0 Å². The third-order valence-electron chi connectivity index (χ3n) is 4.70. The molecule has 2 unspecified atom stereocenters. The Morgan fingerprint density at radius 2 is 1.84 bits per heavy atom. The number of ether oxygens (including phenoxy) is 1. The number of rotatable bonds is 3. The summed E-state index contributed by atoms with van der Waals surface area (Å²) < 4.78 is 5.72. The molecule has 1 aliphatic rings. The molecular formula is C17H27NO. The van der Waals surface area contributed by atoms with E-state index in [4.69, 9.17) is 4.74 Å². The number of aryl methyl sites for hydroxylation is 1. The maximum absolute atomic E-state index is 5.72. The molecule has 0 radical (unpaired) electrons. The Morgan fingerprint density at radius 1 is 1.11 bits per heavy atom. The van der Waals surface area contributed by atoms with Gasteiger partial charge < -0.3 is 10.1 Å². The Labute approximate surface area is 117 Å². The van der Waals surface area contributed by atoms with Gasteiger partial charge in [0, 0.05) is 12.0 Å². The highest BCUT2D eigenvalue weighted by Gasteiger charge is 2.27. The van der Waals surface area contributed by atoms with Crippen LogP contribution in [0.25, 0.3) is 0 Å². The van der Waals surface area contributed by atoms with Crippen molar-refractivity contribution in [3.8, 4) is 5.75 Å². The molecule has 0 aliphatic heterocycles. The lowest BCUT2D eigenvalue weighted by atomic mass is 9.85. The van der Waals surface area contributed by atoms with Gasteiger partial charge in [0.2, 0.25) is 0 Å². The highest BCUT2D eigenvalue weighted by atomic mass is 16.5. The molecule has 2 nitrogen and oxygen atoms in total. The summed E-state index contributed by atoms with van der Waals surface area (Å²) in [6.45, 7) is 4.33. The third kappa shape index (κ3) is 2.94. The summed E-state index contributed by atoms with van der Waals surface area (Å²) in [5, 5.41) is 3.52. The van der Waals surface area contributed by atoms with Gasteiger partial charge in [-0.25, -0.2) is 0 Å². The zero-order chi connectivity index (χ0) is 13.8. The van der Waals surface area contributed by atoms with E-state index >= 15 is 0 Å². The van der Waals surface area contributed by atoms with Crippen LogP contribution in [0.2, 0.25) is 0 Å². The molecule has 1 fully saturated rings. The van der Waals surface area contributed by atoms with E-state index in [0.29, 0.717) is 12.0 Å². The van der Waals surface area contributed by atoms with Gasteiger partial charge in [0.05, 0.1) is 7.11 Å². The van der Waals surface area contributed by atoms with E-state index in [2.05, 4.69) is 38.3 Å². The van der Waals surface area contributed by atoms with Crippen LogP contribution in [0.4, 0.5) is 0 Å². The van der Waals surface area contributed by atoms with Crippen LogP contribution in [-0.2, 0) is 0 Å². The van der Waals surface area contributed by atoms with Crippen molar-refractivity contribution < 1.29 is 4.74 Å². The molecule has 0 bridgehead atoms. The van der Waals surface area contributed by atoms with E-state index in [1.54, 1.807) is 7.11 Å². The van der Waals surface area contributed by atoms with Crippen LogP contribution in [0.15, 0.2) is 12.1 Å². The first-order chi connectivity index (χ1) is 9.19. The highest BCUT2D eigenvalue weighted by molar-refractivity contribution is 5.47. The van der Waals surface area contributed by atoms with Gasteiger partial charge in [-0.2, -0.15) is 0 Å². The number of hydrogen-bond acceptors (Lipinski definition) is 2. The zero-order valence-corrected chi connectivity index (χ0v) is 12.8. The first kappa shape index (κ1) is 14.4. The van der Waals surface area contributed by atoms with Gasteiger partial charge in [0.15, 0.2) is 0 Å². The quantitative estimate of drug-likeness (QED) is 0.832. The minimum atomic E-state index is 0.582. The molecule has 0 aromatic heterocycles. The largest absolute Gasteiger partial charge is 0.496 e. The Kier molecular flexibility index (Phi) is 4.87. The molecule has 0 spiro atoms. The summed E-state index contributed by atoms with van der Waals surface area (Å²) in [7, 11) is 3.90. The van der Waals surface area contributed by atoms with Crippen molar-refractivity contribution >= 4 is 0 Å². The van der Waals surface area contributed by atoms with E-state index in [1.165, 1.54) is 48.8 Å². The van der Waals surface area contributed by atoms with E-state index < -0.39 is 0 Å². The van der Waals surface area contributed by atoms with E-state index in [9.17, 15) is 0 Å². The molecule has 2 heteroatoms. The second-order valence-corrected chi connectivity index (χ2v) is 5.77. The van der Waals surface area contributed by atoms with Crippen LogP contribution in [0, 0.1) is 13.8 Å². The minimum absolute atomic E-state index is 0.582. The molecule has 2 atom stereocenters. The average Bonchev–Trinajstić information content (AvgIpc) is 2.66. The normalized spacial score (nSPS) is 24.0. The first-order valence-electron chi connectivity index (χ1n) is 7.50. The van der Waals surface area contributed by atoms with Gasteiger partial charge in [0.25, 0.3) is 0 Å². The van der Waals surface area contributed by atoms with E-state index in [1.807, 2.05) is 0 Å². The number of likely N-dealkylation sites (N-methyl/N-ethyl adjacent to an activating group) is 1. The summed E-state index contributed by atoms with van der Waals surface area (Å²) in [6.07, 6.45) is 6.58. The van der Waals surface area contributed by atoms with Gasteiger partial charge in [0.1, 0.15) is 5.75 Å². The highest BCUT2D eigenvalue weighted by Crippen LogP contribution is 2.39. The number of hydrogen-bond donors (Lipinski definition) is 1. The van der Waals surface area contributed by atoms with E-state index in [0.717, 1.165) is 5.75 Å². The van der Waals surface area contributed by atoms with Gasteiger partial charge in [-0.15, -0.1) is 0 Å². The van der Waals surface area contributed by atoms with Gasteiger partial charge in [-0.1, -0.05) is 31.4 Å². The second-order valence-electron chi connectivity index (χ2n) is 5.77. The molecule has 1 saturated carbocycles. The lowest BCUT2D eigenvalue weighted by Crippen LogP contribution is -2.31. The molecule has 0 heterocycles. The number of benzene rings is 1. The molecular weight excluding hydrogens is 234 g/mol. The molecule has 1 N–H and O–H groups in total. The molecule has 0 amide bonds. The Hall–Kier alpha value is -1.02. The van der Waals surface area contributed by atoms with Crippen molar-refractivity contribution in [2.45, 2.75) is 57.9 Å². The molecule has 106 valence electrons. The summed E-state index contributed by atoms with van der Waals surface area (Å²) in [6, 6.07) is 5.10. The maximum Gasteiger partial charge on any atom is 0.125 e. The smallest absolute Gasteiger partial charge is 0.125 e. The molecule has 1 aliphatic carbocycles. The fourth-order valence-electron chi connectivity index (χ4n) is 3.40. The Morgan fingerprint density at radius 3 is 2.53 bits per heavy atom. The van der Waals surface area contributed by atoms with Crippen LogP contribution in [0.5, 0.6) is 5.75 Å². The van der Waals surface area contributed by atoms with Crippen LogP contribution >= 0.6 is 0 Å². The van der Waals surface area contributed by atoms with Crippen LogP contribution in [0.1, 0.15) is 54.7 Å². The Bertz CT molecular complexity index is 428. The fourth-order valence-corrected chi connectivity index (χ4v) is 3.40. The molecule has 1 aromatic carbocycles. The number of methoxy groups -OCH3 is 1. The predicted octanol–water partition coefficient (Wildman–Crippen LogP) is 3.95. The minimum Gasteiger partial charge on any atom is -0.496 e. The standard InChI is InChI=1S/C17H27NO/c1-12-10-11-15(17(19-4)13(12)2)14-8-6-5-7-9-16(14)18-3/h10-11,14,16,18H,5-9H2,1-4H3. The monoisotopic (exact) mass is 261 g/mol. The summed E-state index contributed by atoms with van der Waals surface area (Å²) in [5.74, 6) is 1.69. The summed E-state index contributed by atoms with van der Waals surface area (Å²) in [4.78, 5) is 0. The van der Waals surface area contributed by atoms with Crippen molar-refractivity contribution in [2.75, 3.05) is 14.2 Å². The maximum atomic E-state index is 5.72. The van der Waals surface area contributed by atoms with Crippen LogP contribution in [-0.4, -0.2) is 20.2 Å². The molecule has 19 heavy (non-hydrogen) atoms. The van der Waals surface area contributed by atoms with Crippen molar-refractivity contribution in [1.29, 1.82) is 0 Å². The Balaban J connectivity index is 2.40. The molecule has 2 rings (SSSR count). The second kappa shape index (κ2) is 6.42. The molecule has 0 saturated heterocycles. The summed E-state index contributed by atoms with van der Waals surface area (Å²) >= 11 is 0. The zero-order valence-electron chi connectivity index (χ0n) is 12.8. The van der Waals surface area contributed by atoms with Gasteiger partial charge in [-0.05, 0) is 50.4 Å². The topological polar surface area (TPSA) is 21.3 Å². The first-order valence-corrected chi connectivity index (χ1v) is 7.50. The number of nitrogens with one attached hydrogen (secondary N) is 1. The van der Waals surface area contributed by atoms with Crippen molar-refractivity contribution in [2.24, 2.45) is 0 Å². The average molecular weight is 261 g/mol. The van der Waals surface area contributed by atoms with Crippen LogP contribution in [0.3, 0.4) is 0 Å². The third-order valence-corrected chi connectivity index (χ3v) is 4.70. The van der Waals surface area contributed by atoms with E-state index in [-0.39, 0.29) is 0 Å². The van der Waals surface area contributed by atoms with Crippen molar-refractivity contribution in [3.05, 3.63) is 28.8 Å². The summed E-state index contributed by atoms with van der Waals surface area (Å²) in [5.41, 5.74) is 4.00. The lowest BCUT2D eigenvalue weighted by Gasteiger charge is -2.27. The van der Waals surface area contributed by atoms with Crippen molar-refractivity contribution in [3.63, 3.8) is 0 Å². The SMILES string of the molecule is CNC1CCCCCC1c1ccc(C)c(C)c1OC. The van der Waals surface area contributed by atoms with Crippen LogP contribution < -0.4 is 10.1 Å². The predicted molar refractivity (Wildman–Crippen MR) is 81.1 cm³/mol. The van der Waals surface area contributed by atoms with Gasteiger partial charge in [-0.3, -0.25) is 0 Å². The fraction of sp³-hybridized carbons (Fsp3) is 0.647. The molecule has 1 aromatic rings. The van der Waals surface area contributed by atoms with Crippen molar-refractivity contribution in [1.82, 2.24) is 5.32 Å². The lowest BCUT2D eigenvalue weighted by molar-refractivity contribution is 0.382.